The number of hydrogen-bond donors (Lipinski definition) is 0. The molecule has 0 aliphatic rings. The summed E-state index contributed by atoms with van der Waals surface area (Å²) in [4.78, 5) is 11.3. The minimum Gasteiger partial charge on any atom is -0.463 e. The maximum Gasteiger partial charge on any atom is 0.228 e. The van der Waals surface area contributed by atoms with Gasteiger partial charge in [0.05, 0.1) is 4.83 Å². The highest BCUT2D eigenvalue weighted by Gasteiger charge is 2.13. The number of halogens is 3. The Morgan fingerprint density at radius 3 is 2.80 bits per heavy atom. The van der Waals surface area contributed by atoms with Crippen molar-refractivity contribution in [2.45, 2.75) is 11.8 Å². The zero-order valence-corrected chi connectivity index (χ0v) is 10.3. The van der Waals surface area contributed by atoms with Gasteiger partial charge in [-0.05, 0) is 25.1 Å². The fourth-order valence-electron chi connectivity index (χ4n) is 1.08. The molecule has 0 aromatic heterocycles. The molecule has 1 aromatic rings. The first-order valence-electron chi connectivity index (χ1n) is 4.22. The van der Waals surface area contributed by atoms with Gasteiger partial charge in [0, 0.05) is 10.6 Å². The van der Waals surface area contributed by atoms with Crippen LogP contribution >= 0.6 is 27.5 Å². The highest BCUT2D eigenvalue weighted by Crippen LogP contribution is 2.23. The van der Waals surface area contributed by atoms with Crippen molar-refractivity contribution >= 4 is 33.3 Å². The Hall–Kier alpha value is -0.610. The molecule has 82 valence electrons. The smallest absolute Gasteiger partial charge is 0.228 e. The van der Waals surface area contributed by atoms with Gasteiger partial charge in [-0.15, -0.1) is 0 Å². The van der Waals surface area contributed by atoms with Crippen LogP contribution in [-0.4, -0.2) is 17.5 Å². The lowest BCUT2D eigenvalue weighted by Gasteiger charge is -2.06. The van der Waals surface area contributed by atoms with Gasteiger partial charge >= 0.3 is 0 Å². The van der Waals surface area contributed by atoms with E-state index < -0.39 is 6.86 Å². The summed E-state index contributed by atoms with van der Waals surface area (Å²) in [5.74, 6) is 0.128. The van der Waals surface area contributed by atoms with Crippen molar-refractivity contribution < 1.29 is 13.9 Å². The van der Waals surface area contributed by atoms with E-state index in [9.17, 15) is 9.18 Å². The lowest BCUT2D eigenvalue weighted by atomic mass is 10.1. The summed E-state index contributed by atoms with van der Waals surface area (Å²) in [6.45, 7) is 0.761. The van der Waals surface area contributed by atoms with Crippen LogP contribution in [0.1, 0.15) is 17.3 Å². The van der Waals surface area contributed by atoms with E-state index in [0.717, 1.165) is 0 Å². The van der Waals surface area contributed by atoms with Crippen LogP contribution in [0.4, 0.5) is 4.39 Å². The van der Waals surface area contributed by atoms with E-state index >= 15 is 0 Å². The number of rotatable bonds is 4. The van der Waals surface area contributed by atoms with E-state index in [1.165, 1.54) is 18.2 Å². The van der Waals surface area contributed by atoms with Crippen LogP contribution in [0.15, 0.2) is 18.2 Å². The van der Waals surface area contributed by atoms with E-state index in [1.54, 1.807) is 6.92 Å². The van der Waals surface area contributed by atoms with Crippen LogP contribution in [0.5, 0.6) is 5.75 Å². The molecule has 0 saturated carbocycles. The minimum absolute atomic E-state index is 0.124. The molecule has 2 nitrogen and oxygen atoms in total. The fraction of sp³-hybridized carbons (Fsp3) is 0.300. The van der Waals surface area contributed by atoms with Gasteiger partial charge in [0.15, 0.2) is 5.78 Å². The van der Waals surface area contributed by atoms with E-state index in [0.29, 0.717) is 10.6 Å². The maximum atomic E-state index is 11.9. The monoisotopic (exact) mass is 294 g/mol. The zero-order valence-electron chi connectivity index (χ0n) is 7.97. The predicted molar refractivity (Wildman–Crippen MR) is 60.8 cm³/mol. The molecule has 5 heteroatoms. The molecule has 0 saturated heterocycles. The second kappa shape index (κ2) is 5.47. The molecule has 0 fully saturated rings. The molecule has 0 amide bonds. The third-order valence-electron chi connectivity index (χ3n) is 1.74. The van der Waals surface area contributed by atoms with E-state index in [1.807, 2.05) is 0 Å². The number of hydrogen-bond acceptors (Lipinski definition) is 2. The van der Waals surface area contributed by atoms with Crippen molar-refractivity contribution in [2.75, 3.05) is 6.86 Å². The van der Waals surface area contributed by atoms with Crippen molar-refractivity contribution in [3.8, 4) is 5.75 Å². The maximum absolute atomic E-state index is 11.9. The molecule has 0 aliphatic carbocycles. The Morgan fingerprint density at radius 2 is 2.27 bits per heavy atom. The zero-order chi connectivity index (χ0) is 11.4. The summed E-state index contributed by atoms with van der Waals surface area (Å²) >= 11 is 8.92. The van der Waals surface area contributed by atoms with Gasteiger partial charge in [-0.3, -0.25) is 4.79 Å². The lowest BCUT2D eigenvalue weighted by Crippen LogP contribution is -2.10. The Kier molecular flexibility index (Phi) is 4.54. The lowest BCUT2D eigenvalue weighted by molar-refractivity contribution is 0.0995. The first-order chi connectivity index (χ1) is 7.04. The molecule has 1 rings (SSSR count). The van der Waals surface area contributed by atoms with Gasteiger partial charge in [-0.2, -0.15) is 0 Å². The van der Waals surface area contributed by atoms with Crippen LogP contribution in [-0.2, 0) is 0 Å². The minimum atomic E-state index is -0.947. The van der Waals surface area contributed by atoms with Gasteiger partial charge in [-0.1, -0.05) is 27.5 Å². The molecular weight excluding hydrogens is 286 g/mol. The molecule has 1 aromatic carbocycles. The number of Topliss-reactive ketones (excluding diaryl/α,β-unsaturated/α-hetero) is 1. The number of carbonyl (C=O) groups excluding carboxylic acids is 1. The van der Waals surface area contributed by atoms with E-state index in [4.69, 9.17) is 11.6 Å². The summed E-state index contributed by atoms with van der Waals surface area (Å²) in [5.41, 5.74) is 0.398. The number of ketones is 1. The second-order valence-corrected chi connectivity index (χ2v) is 4.72. The first-order valence-corrected chi connectivity index (χ1v) is 5.51. The standard InChI is InChI=1S/C10H9BrClFO2/c1-6(11)10(14)7-2-8(12)4-9(3-7)15-5-13/h2-4,6H,5H2,1H3. The second-order valence-electron chi connectivity index (χ2n) is 2.91. The molecule has 0 bridgehead atoms. The number of benzene rings is 1. The molecule has 15 heavy (non-hydrogen) atoms. The Labute approximate surface area is 101 Å². The molecule has 1 unspecified atom stereocenters. The van der Waals surface area contributed by atoms with E-state index in [2.05, 4.69) is 20.7 Å². The van der Waals surface area contributed by atoms with Gasteiger partial charge in [0.1, 0.15) is 5.75 Å². The average molecular weight is 296 g/mol. The van der Waals surface area contributed by atoms with Crippen LogP contribution in [0, 0.1) is 0 Å². The SMILES string of the molecule is CC(Br)C(=O)c1cc(Cl)cc(OCF)c1. The fourth-order valence-corrected chi connectivity index (χ4v) is 1.57. The molecule has 0 aliphatic heterocycles. The van der Waals surface area contributed by atoms with Gasteiger partial charge < -0.3 is 4.74 Å². The Bertz CT molecular complexity index is 368. The van der Waals surface area contributed by atoms with Crippen LogP contribution in [0.25, 0.3) is 0 Å². The normalized spacial score (nSPS) is 12.3. The van der Waals surface area contributed by atoms with Gasteiger partial charge in [0.25, 0.3) is 0 Å². The van der Waals surface area contributed by atoms with Crippen molar-refractivity contribution in [2.24, 2.45) is 0 Å². The average Bonchev–Trinajstić information content (AvgIpc) is 2.16. The summed E-state index contributed by atoms with van der Waals surface area (Å²) in [6, 6.07) is 4.44. The van der Waals surface area contributed by atoms with Crippen molar-refractivity contribution in [1.82, 2.24) is 0 Å². The summed E-state index contributed by atoms with van der Waals surface area (Å²) in [5, 5.41) is 0.345. The Balaban J connectivity index is 3.03. The van der Waals surface area contributed by atoms with E-state index in [-0.39, 0.29) is 16.4 Å². The topological polar surface area (TPSA) is 26.3 Å². The van der Waals surface area contributed by atoms with Gasteiger partial charge in [0.2, 0.25) is 6.86 Å². The van der Waals surface area contributed by atoms with Crippen molar-refractivity contribution in [3.05, 3.63) is 28.8 Å². The third kappa shape index (κ3) is 3.47. The number of alkyl halides is 2. The third-order valence-corrected chi connectivity index (χ3v) is 2.37. The summed E-state index contributed by atoms with van der Waals surface area (Å²) in [7, 11) is 0. The van der Waals surface area contributed by atoms with Crippen LogP contribution in [0.2, 0.25) is 5.02 Å². The molecule has 0 heterocycles. The Morgan fingerprint density at radius 1 is 1.60 bits per heavy atom. The first kappa shape index (κ1) is 12.5. The van der Waals surface area contributed by atoms with Crippen LogP contribution < -0.4 is 4.74 Å². The molecule has 0 radical (unpaired) electrons. The number of carbonyl (C=O) groups is 1. The van der Waals surface area contributed by atoms with Crippen molar-refractivity contribution in [1.29, 1.82) is 0 Å². The quantitative estimate of drug-likeness (QED) is 0.626. The van der Waals surface area contributed by atoms with Crippen molar-refractivity contribution in [3.63, 3.8) is 0 Å². The molecule has 1 atom stereocenters. The molecule has 0 spiro atoms. The van der Waals surface area contributed by atoms with Gasteiger partial charge in [-0.25, -0.2) is 4.39 Å². The number of ether oxygens (including phenoxy) is 1. The summed E-state index contributed by atoms with van der Waals surface area (Å²) < 4.78 is 16.6. The highest BCUT2D eigenvalue weighted by molar-refractivity contribution is 9.10. The summed E-state index contributed by atoms with van der Waals surface area (Å²) in [6.07, 6.45) is 0. The largest absolute Gasteiger partial charge is 0.463 e. The van der Waals surface area contributed by atoms with Crippen LogP contribution in [0.3, 0.4) is 0 Å². The molecular formula is C10H9BrClFO2. The highest BCUT2D eigenvalue weighted by atomic mass is 79.9. The predicted octanol–water partition coefficient (Wildman–Crippen LogP) is 3.61. The molecule has 0 N–H and O–H groups in total.